The topological polar surface area (TPSA) is 79.4 Å². The van der Waals surface area contributed by atoms with Gasteiger partial charge in [0.1, 0.15) is 0 Å². The molecular weight excluding hydrogens is 362 g/mol. The number of carbonyl (C=O) groups is 1. The van der Waals surface area contributed by atoms with Gasteiger partial charge in [-0.15, -0.1) is 11.3 Å². The number of ether oxygens (including phenoxy) is 1. The quantitative estimate of drug-likeness (QED) is 0.821. The summed E-state index contributed by atoms with van der Waals surface area (Å²) < 4.78 is 5.80. The lowest BCUT2D eigenvalue weighted by molar-refractivity contribution is -0.0947. The van der Waals surface area contributed by atoms with Gasteiger partial charge in [-0.3, -0.25) is 15.2 Å². The van der Waals surface area contributed by atoms with Crippen LogP contribution in [0.1, 0.15) is 27.7 Å². The van der Waals surface area contributed by atoms with Crippen molar-refractivity contribution in [1.29, 1.82) is 0 Å². The van der Waals surface area contributed by atoms with Gasteiger partial charge in [0.05, 0.1) is 17.9 Å². The molecule has 27 heavy (non-hydrogen) atoms. The van der Waals surface area contributed by atoms with Gasteiger partial charge in [0.2, 0.25) is 0 Å². The van der Waals surface area contributed by atoms with Crippen LogP contribution in [-0.2, 0) is 4.74 Å². The lowest BCUT2D eigenvalue weighted by Gasteiger charge is -2.45. The molecule has 2 amide bonds. The number of rotatable bonds is 5. The summed E-state index contributed by atoms with van der Waals surface area (Å²) in [5.41, 5.74) is 1.58. The van der Waals surface area contributed by atoms with Gasteiger partial charge < -0.3 is 10.1 Å². The maximum Gasteiger partial charge on any atom is 0.321 e. The molecule has 2 aromatic heterocycles. The molecule has 1 aliphatic rings. The van der Waals surface area contributed by atoms with Crippen molar-refractivity contribution in [3.63, 3.8) is 0 Å². The molecule has 2 unspecified atom stereocenters. The number of thiazole rings is 1. The van der Waals surface area contributed by atoms with Crippen molar-refractivity contribution in [2.75, 3.05) is 25.0 Å². The van der Waals surface area contributed by atoms with E-state index in [9.17, 15) is 4.79 Å². The molecule has 0 saturated carbocycles. The summed E-state index contributed by atoms with van der Waals surface area (Å²) >= 11 is 1.40. The van der Waals surface area contributed by atoms with Crippen LogP contribution in [0.5, 0.6) is 0 Å². The van der Waals surface area contributed by atoms with Gasteiger partial charge >= 0.3 is 6.03 Å². The molecule has 2 aromatic rings. The number of aromatic nitrogens is 2. The first kappa shape index (κ1) is 19.7. The molecular formula is C19H27N5O2S. The van der Waals surface area contributed by atoms with Crippen molar-refractivity contribution in [3.8, 4) is 11.3 Å². The molecule has 8 heteroatoms. The third-order valence-corrected chi connectivity index (χ3v) is 5.40. The van der Waals surface area contributed by atoms with Crippen LogP contribution in [0.15, 0.2) is 29.9 Å². The highest BCUT2D eigenvalue weighted by Gasteiger charge is 2.33. The fourth-order valence-electron chi connectivity index (χ4n) is 3.20. The Morgan fingerprint density at radius 3 is 2.78 bits per heavy atom. The van der Waals surface area contributed by atoms with Crippen LogP contribution in [0.4, 0.5) is 9.93 Å². The largest absolute Gasteiger partial charge is 0.373 e. The molecule has 2 N–H and O–H groups in total. The Balaban J connectivity index is 1.53. The third-order valence-electron chi connectivity index (χ3n) is 4.64. The van der Waals surface area contributed by atoms with E-state index in [2.05, 4.69) is 53.2 Å². The van der Waals surface area contributed by atoms with Gasteiger partial charge in [-0.05, 0) is 39.8 Å². The van der Waals surface area contributed by atoms with Crippen molar-refractivity contribution in [1.82, 2.24) is 20.2 Å². The summed E-state index contributed by atoms with van der Waals surface area (Å²) in [7, 11) is 0. The molecule has 0 radical (unpaired) electrons. The van der Waals surface area contributed by atoms with Crippen LogP contribution in [0.2, 0.25) is 0 Å². The highest BCUT2D eigenvalue weighted by atomic mass is 32.1. The van der Waals surface area contributed by atoms with Gasteiger partial charge in [-0.2, -0.15) is 0 Å². The Labute approximate surface area is 164 Å². The van der Waals surface area contributed by atoms with Gasteiger partial charge in [0.15, 0.2) is 5.13 Å². The minimum absolute atomic E-state index is 0.159. The van der Waals surface area contributed by atoms with Crippen LogP contribution in [0.25, 0.3) is 11.3 Å². The smallest absolute Gasteiger partial charge is 0.321 e. The monoisotopic (exact) mass is 389 g/mol. The molecule has 1 saturated heterocycles. The minimum atomic E-state index is -0.246. The number of carbonyl (C=O) groups excluding carboxylic acids is 1. The maximum atomic E-state index is 12.3. The van der Waals surface area contributed by atoms with Crippen LogP contribution in [0.3, 0.4) is 0 Å². The van der Waals surface area contributed by atoms with Crippen LogP contribution in [-0.4, -0.2) is 58.3 Å². The molecule has 1 fully saturated rings. The molecule has 3 rings (SSSR count). The predicted molar refractivity (Wildman–Crippen MR) is 108 cm³/mol. The Kier molecular flexibility index (Phi) is 6.08. The van der Waals surface area contributed by atoms with Crippen LogP contribution < -0.4 is 10.6 Å². The third kappa shape index (κ3) is 5.24. The second-order valence-corrected chi connectivity index (χ2v) is 8.42. The van der Waals surface area contributed by atoms with E-state index in [-0.39, 0.29) is 23.8 Å². The maximum absolute atomic E-state index is 12.3. The van der Waals surface area contributed by atoms with Gasteiger partial charge in [-0.25, -0.2) is 9.78 Å². The number of pyridine rings is 1. The zero-order chi connectivity index (χ0) is 19.4. The predicted octanol–water partition coefficient (Wildman–Crippen LogP) is 3.21. The molecule has 0 bridgehead atoms. The first-order valence-corrected chi connectivity index (χ1v) is 10.0. The lowest BCUT2D eigenvalue weighted by Crippen LogP contribution is -2.58. The summed E-state index contributed by atoms with van der Waals surface area (Å²) in [6.45, 7) is 10.7. The fourth-order valence-corrected chi connectivity index (χ4v) is 3.91. The number of hydrogen-bond donors (Lipinski definition) is 2. The molecule has 0 aliphatic carbocycles. The van der Waals surface area contributed by atoms with E-state index in [4.69, 9.17) is 4.74 Å². The fraction of sp³-hybridized carbons (Fsp3) is 0.526. The second-order valence-electron chi connectivity index (χ2n) is 7.56. The Morgan fingerprint density at radius 1 is 1.37 bits per heavy atom. The molecule has 7 nitrogen and oxygen atoms in total. The lowest BCUT2D eigenvalue weighted by atomic mass is 10.0. The molecule has 1 aliphatic heterocycles. The average Bonchev–Trinajstić information content (AvgIpc) is 3.08. The number of anilines is 1. The van der Waals surface area contributed by atoms with E-state index in [0.29, 0.717) is 11.7 Å². The van der Waals surface area contributed by atoms with Crippen molar-refractivity contribution >= 4 is 22.5 Å². The molecule has 0 spiro atoms. The summed E-state index contributed by atoms with van der Waals surface area (Å²) in [5, 5.41) is 8.27. The summed E-state index contributed by atoms with van der Waals surface area (Å²) in [6.07, 6.45) is 3.87. The van der Waals surface area contributed by atoms with Crippen molar-refractivity contribution in [3.05, 3.63) is 29.9 Å². The highest BCUT2D eigenvalue weighted by Crippen LogP contribution is 2.24. The number of urea groups is 1. The number of nitrogens with one attached hydrogen (secondary N) is 2. The minimum Gasteiger partial charge on any atom is -0.373 e. The average molecular weight is 390 g/mol. The van der Waals surface area contributed by atoms with Crippen molar-refractivity contribution in [2.45, 2.75) is 45.4 Å². The zero-order valence-corrected chi connectivity index (χ0v) is 17.0. The van der Waals surface area contributed by atoms with Crippen LogP contribution in [0, 0.1) is 0 Å². The first-order valence-electron chi connectivity index (χ1n) is 9.15. The molecule has 3 heterocycles. The zero-order valence-electron chi connectivity index (χ0n) is 16.2. The number of hydrogen-bond acceptors (Lipinski definition) is 6. The number of morpholine rings is 1. The molecule has 0 aromatic carbocycles. The second kappa shape index (κ2) is 8.33. The SMILES string of the molecule is CC1CN(C(C)(C)CNC(=O)Nc2nc(-c3cccnc3)cs2)CC(C)O1. The summed E-state index contributed by atoms with van der Waals surface area (Å²) in [5.74, 6) is 0. The van der Waals surface area contributed by atoms with E-state index in [1.165, 1.54) is 11.3 Å². The Hall–Kier alpha value is -2.03. The number of amides is 2. The van der Waals surface area contributed by atoms with Crippen LogP contribution >= 0.6 is 11.3 Å². The number of nitrogens with zero attached hydrogens (tertiary/aromatic N) is 3. The summed E-state index contributed by atoms with van der Waals surface area (Å²) in [6, 6.07) is 3.56. The first-order chi connectivity index (χ1) is 12.8. The van der Waals surface area contributed by atoms with Gasteiger partial charge in [0.25, 0.3) is 0 Å². The normalized spacial score (nSPS) is 21.0. The van der Waals surface area contributed by atoms with E-state index < -0.39 is 0 Å². The Bertz CT molecular complexity index is 754. The van der Waals surface area contributed by atoms with Crippen molar-refractivity contribution in [2.24, 2.45) is 0 Å². The summed E-state index contributed by atoms with van der Waals surface area (Å²) in [4.78, 5) is 23.2. The van der Waals surface area contributed by atoms with E-state index in [1.54, 1.807) is 12.4 Å². The van der Waals surface area contributed by atoms with Gasteiger partial charge in [-0.1, -0.05) is 0 Å². The van der Waals surface area contributed by atoms with E-state index in [0.717, 1.165) is 24.3 Å². The van der Waals surface area contributed by atoms with Crippen molar-refractivity contribution < 1.29 is 9.53 Å². The van der Waals surface area contributed by atoms with E-state index >= 15 is 0 Å². The molecule has 2 atom stereocenters. The standard InChI is InChI=1S/C19H27N5O2S/c1-13-9-24(10-14(2)26-13)19(3,4)12-21-17(25)23-18-22-16(11-27-18)15-6-5-7-20-8-15/h5-8,11,13-14H,9-10,12H2,1-4H3,(H2,21,22,23,25). The molecule has 146 valence electrons. The highest BCUT2D eigenvalue weighted by molar-refractivity contribution is 7.14. The van der Waals surface area contributed by atoms with E-state index in [1.807, 2.05) is 17.5 Å². The van der Waals surface area contributed by atoms with Gasteiger partial charge in [0, 0.05) is 48.5 Å². The Morgan fingerprint density at radius 2 is 2.11 bits per heavy atom.